The van der Waals surface area contributed by atoms with Gasteiger partial charge in [-0.05, 0) is 49.9 Å². The van der Waals surface area contributed by atoms with Gasteiger partial charge in [0.15, 0.2) is 11.5 Å². The van der Waals surface area contributed by atoms with Gasteiger partial charge in [-0.25, -0.2) is 0 Å². The van der Waals surface area contributed by atoms with Gasteiger partial charge in [0.25, 0.3) is 5.91 Å². The first kappa shape index (κ1) is 17.7. The van der Waals surface area contributed by atoms with Crippen LogP contribution >= 0.6 is 0 Å². The molecule has 2 aromatic rings. The van der Waals surface area contributed by atoms with Crippen molar-refractivity contribution in [1.29, 1.82) is 0 Å². The normalized spacial score (nSPS) is 19.3. The second kappa shape index (κ2) is 8.35. The zero-order chi connectivity index (χ0) is 18.5. The molecule has 1 aromatic carbocycles. The van der Waals surface area contributed by atoms with E-state index in [0.717, 1.165) is 38.4 Å². The van der Waals surface area contributed by atoms with E-state index in [-0.39, 0.29) is 12.0 Å². The quantitative estimate of drug-likeness (QED) is 0.845. The average Bonchev–Trinajstić information content (AvgIpc) is 3.41. The lowest BCUT2D eigenvalue weighted by Gasteiger charge is -2.15. The molecule has 1 aromatic heterocycles. The van der Waals surface area contributed by atoms with Crippen molar-refractivity contribution in [3.05, 3.63) is 42.1 Å². The van der Waals surface area contributed by atoms with Gasteiger partial charge in [0.1, 0.15) is 12.4 Å². The lowest BCUT2D eigenvalue weighted by atomic mass is 10.2. The number of amides is 1. The monoisotopic (exact) mass is 368 g/mol. The van der Waals surface area contributed by atoms with Gasteiger partial charge in [0.2, 0.25) is 0 Å². The molecule has 2 aliphatic rings. The Morgan fingerprint density at radius 1 is 1.19 bits per heavy atom. The molecule has 2 saturated heterocycles. The van der Waals surface area contributed by atoms with Gasteiger partial charge in [-0.3, -0.25) is 4.79 Å². The molecule has 0 bridgehead atoms. The Morgan fingerprint density at radius 3 is 2.81 bits per heavy atom. The Kier molecular flexibility index (Phi) is 5.48. The summed E-state index contributed by atoms with van der Waals surface area (Å²) in [5.41, 5.74) is 0.957. The summed E-state index contributed by atoms with van der Waals surface area (Å²) >= 11 is 0. The minimum Gasteiger partial charge on any atom is -0.491 e. The zero-order valence-electron chi connectivity index (χ0n) is 15.3. The highest BCUT2D eigenvalue weighted by molar-refractivity contribution is 6.02. The molecule has 1 unspecified atom stereocenters. The van der Waals surface area contributed by atoms with E-state index in [1.165, 1.54) is 12.8 Å². The van der Waals surface area contributed by atoms with Crippen LogP contribution in [0.15, 0.2) is 36.4 Å². The summed E-state index contributed by atoms with van der Waals surface area (Å²) in [6.07, 6.45) is 4.63. The molecule has 0 aliphatic carbocycles. The van der Waals surface area contributed by atoms with Crippen LogP contribution in [0.1, 0.15) is 36.2 Å². The maximum absolute atomic E-state index is 12.4. The average molecular weight is 368 g/mol. The van der Waals surface area contributed by atoms with Crippen molar-refractivity contribution in [3.63, 3.8) is 0 Å². The molecule has 27 heavy (non-hydrogen) atoms. The SMILES string of the molecule is O=C(Nc1cccc(OCC2CCCO2)c1)c1ccc(N2CCCC2)nn1. The van der Waals surface area contributed by atoms with Gasteiger partial charge in [-0.1, -0.05) is 6.07 Å². The number of aromatic nitrogens is 2. The number of rotatable bonds is 6. The molecule has 4 rings (SSSR count). The second-order valence-corrected chi connectivity index (χ2v) is 6.90. The van der Waals surface area contributed by atoms with Gasteiger partial charge in [0, 0.05) is 31.5 Å². The van der Waals surface area contributed by atoms with Crippen LogP contribution < -0.4 is 15.0 Å². The predicted molar refractivity (Wildman–Crippen MR) is 102 cm³/mol. The van der Waals surface area contributed by atoms with Crippen molar-refractivity contribution < 1.29 is 14.3 Å². The minimum atomic E-state index is -0.285. The van der Waals surface area contributed by atoms with E-state index in [1.54, 1.807) is 12.1 Å². The van der Waals surface area contributed by atoms with E-state index in [9.17, 15) is 4.79 Å². The molecule has 1 amide bonds. The van der Waals surface area contributed by atoms with Gasteiger partial charge in [-0.15, -0.1) is 10.2 Å². The summed E-state index contributed by atoms with van der Waals surface area (Å²) in [6, 6.07) is 10.9. The predicted octanol–water partition coefficient (Wildman–Crippen LogP) is 2.89. The van der Waals surface area contributed by atoms with Crippen molar-refractivity contribution in [2.24, 2.45) is 0 Å². The van der Waals surface area contributed by atoms with Crippen LogP contribution in [-0.4, -0.2) is 48.5 Å². The molecule has 142 valence electrons. The Morgan fingerprint density at radius 2 is 2.07 bits per heavy atom. The molecule has 1 atom stereocenters. The maximum Gasteiger partial charge on any atom is 0.276 e. The first-order valence-corrected chi connectivity index (χ1v) is 9.52. The summed E-state index contributed by atoms with van der Waals surface area (Å²) in [4.78, 5) is 14.6. The number of benzene rings is 1. The van der Waals surface area contributed by atoms with Crippen LogP contribution in [0.4, 0.5) is 11.5 Å². The van der Waals surface area contributed by atoms with Crippen LogP contribution in [0.3, 0.4) is 0 Å². The molecule has 0 saturated carbocycles. The van der Waals surface area contributed by atoms with E-state index in [2.05, 4.69) is 20.4 Å². The van der Waals surface area contributed by atoms with Gasteiger partial charge in [-0.2, -0.15) is 0 Å². The lowest BCUT2D eigenvalue weighted by molar-refractivity contribution is 0.0680. The van der Waals surface area contributed by atoms with E-state index in [1.807, 2.05) is 24.3 Å². The molecule has 2 aliphatic heterocycles. The molecule has 7 heteroatoms. The van der Waals surface area contributed by atoms with Crippen molar-refractivity contribution in [1.82, 2.24) is 10.2 Å². The van der Waals surface area contributed by atoms with Crippen LogP contribution in [0, 0.1) is 0 Å². The Balaban J connectivity index is 1.35. The molecule has 7 nitrogen and oxygen atoms in total. The first-order chi connectivity index (χ1) is 13.3. The largest absolute Gasteiger partial charge is 0.491 e. The highest BCUT2D eigenvalue weighted by Crippen LogP contribution is 2.21. The summed E-state index contributed by atoms with van der Waals surface area (Å²) in [7, 11) is 0. The van der Waals surface area contributed by atoms with Crippen molar-refractivity contribution in [3.8, 4) is 5.75 Å². The van der Waals surface area contributed by atoms with E-state index >= 15 is 0 Å². The van der Waals surface area contributed by atoms with Crippen LogP contribution in [-0.2, 0) is 4.74 Å². The van der Waals surface area contributed by atoms with Gasteiger partial charge >= 0.3 is 0 Å². The Bertz CT molecular complexity index is 769. The Labute approximate surface area is 158 Å². The highest BCUT2D eigenvalue weighted by atomic mass is 16.5. The molecule has 3 heterocycles. The van der Waals surface area contributed by atoms with Gasteiger partial charge < -0.3 is 19.7 Å². The van der Waals surface area contributed by atoms with Crippen LogP contribution in [0.25, 0.3) is 0 Å². The summed E-state index contributed by atoms with van der Waals surface area (Å²) < 4.78 is 11.3. The van der Waals surface area contributed by atoms with Crippen molar-refractivity contribution >= 4 is 17.4 Å². The number of carbonyl (C=O) groups is 1. The second-order valence-electron chi connectivity index (χ2n) is 6.90. The third kappa shape index (κ3) is 4.54. The fourth-order valence-electron chi connectivity index (χ4n) is 3.38. The van der Waals surface area contributed by atoms with Crippen molar-refractivity contribution in [2.45, 2.75) is 31.8 Å². The number of carbonyl (C=O) groups excluding carboxylic acids is 1. The summed E-state index contributed by atoms with van der Waals surface area (Å²) in [5, 5.41) is 11.1. The third-order valence-electron chi connectivity index (χ3n) is 4.86. The van der Waals surface area contributed by atoms with E-state index in [0.29, 0.717) is 23.7 Å². The molecule has 0 radical (unpaired) electrons. The maximum atomic E-state index is 12.4. The topological polar surface area (TPSA) is 76.6 Å². The highest BCUT2D eigenvalue weighted by Gasteiger charge is 2.17. The minimum absolute atomic E-state index is 0.160. The van der Waals surface area contributed by atoms with Crippen molar-refractivity contribution in [2.75, 3.05) is 36.5 Å². The number of hydrogen-bond acceptors (Lipinski definition) is 6. The Hall–Kier alpha value is -2.67. The number of anilines is 2. The van der Waals surface area contributed by atoms with Crippen LogP contribution in [0.5, 0.6) is 5.75 Å². The van der Waals surface area contributed by atoms with E-state index in [4.69, 9.17) is 9.47 Å². The number of ether oxygens (including phenoxy) is 2. The number of nitrogens with zero attached hydrogens (tertiary/aromatic N) is 3. The molecular weight excluding hydrogens is 344 g/mol. The fraction of sp³-hybridized carbons (Fsp3) is 0.450. The lowest BCUT2D eigenvalue weighted by Crippen LogP contribution is -2.21. The summed E-state index contributed by atoms with van der Waals surface area (Å²) in [6.45, 7) is 3.33. The molecular formula is C20H24N4O3. The summed E-state index contributed by atoms with van der Waals surface area (Å²) in [5.74, 6) is 1.25. The van der Waals surface area contributed by atoms with E-state index < -0.39 is 0 Å². The fourth-order valence-corrected chi connectivity index (χ4v) is 3.38. The number of hydrogen-bond donors (Lipinski definition) is 1. The molecule has 0 spiro atoms. The standard InChI is InChI=1S/C20H24N4O3/c25-20(18-8-9-19(23-22-18)24-10-1-2-11-24)21-15-5-3-6-16(13-15)27-14-17-7-4-12-26-17/h3,5-6,8-9,13,17H,1-2,4,7,10-12,14H2,(H,21,25). The third-order valence-corrected chi connectivity index (χ3v) is 4.86. The molecule has 1 N–H and O–H groups in total. The van der Waals surface area contributed by atoms with Gasteiger partial charge in [0.05, 0.1) is 6.10 Å². The smallest absolute Gasteiger partial charge is 0.276 e. The number of nitrogens with one attached hydrogen (secondary N) is 1. The van der Waals surface area contributed by atoms with Crippen LogP contribution in [0.2, 0.25) is 0 Å². The zero-order valence-corrected chi connectivity index (χ0v) is 15.3. The molecule has 2 fully saturated rings. The first-order valence-electron chi connectivity index (χ1n) is 9.52.